The predicted octanol–water partition coefficient (Wildman–Crippen LogP) is 4.90. The van der Waals surface area contributed by atoms with Crippen LogP contribution < -0.4 is 9.47 Å². The summed E-state index contributed by atoms with van der Waals surface area (Å²) in [5, 5.41) is 1.14. The van der Waals surface area contributed by atoms with Gasteiger partial charge >= 0.3 is 0 Å². The third-order valence-corrected chi connectivity index (χ3v) is 7.57. The minimum atomic E-state index is 0.0229. The highest BCUT2D eigenvalue weighted by Gasteiger charge is 2.46. The van der Waals surface area contributed by atoms with Crippen LogP contribution in [0.3, 0.4) is 0 Å². The molecule has 3 aliphatic rings. The topological polar surface area (TPSA) is 54.6 Å². The fourth-order valence-corrected chi connectivity index (χ4v) is 5.95. The molecule has 1 fully saturated rings. The maximum Gasteiger partial charge on any atom is 0.227 e. The van der Waals surface area contributed by atoms with Crippen molar-refractivity contribution in [2.75, 3.05) is 19.8 Å². The molecule has 0 saturated heterocycles. The number of aromatic amines is 1. The van der Waals surface area contributed by atoms with E-state index in [9.17, 15) is 4.79 Å². The minimum absolute atomic E-state index is 0.0229. The van der Waals surface area contributed by atoms with Gasteiger partial charge in [-0.1, -0.05) is 31.0 Å². The smallest absolute Gasteiger partial charge is 0.227 e. The highest BCUT2D eigenvalue weighted by Crippen LogP contribution is 2.52. The van der Waals surface area contributed by atoms with E-state index in [2.05, 4.69) is 41.1 Å². The van der Waals surface area contributed by atoms with E-state index in [0.29, 0.717) is 19.6 Å². The number of rotatable bonds is 2. The second kappa shape index (κ2) is 7.04. The SMILES string of the molecule is CC1c2cc3c(cc2C2(CCCC2)CN1C(=O)Cc1c[nH]c2ccccc12)OCCO3. The summed E-state index contributed by atoms with van der Waals surface area (Å²) in [7, 11) is 0. The number of para-hydroxylation sites is 1. The van der Waals surface area contributed by atoms with Gasteiger partial charge in [0.15, 0.2) is 11.5 Å². The molecule has 1 unspecified atom stereocenters. The molecule has 3 aromatic rings. The molecule has 1 spiro atoms. The van der Waals surface area contributed by atoms with Gasteiger partial charge in [0.05, 0.1) is 12.5 Å². The molecule has 160 valence electrons. The molecular formula is C26H28N2O3. The van der Waals surface area contributed by atoms with E-state index in [0.717, 1.165) is 47.4 Å². The monoisotopic (exact) mass is 416 g/mol. The molecule has 1 saturated carbocycles. The van der Waals surface area contributed by atoms with Crippen LogP contribution >= 0.6 is 0 Å². The molecule has 1 amide bonds. The number of amides is 1. The number of hydrogen-bond acceptors (Lipinski definition) is 3. The van der Waals surface area contributed by atoms with Crippen LogP contribution in [-0.4, -0.2) is 35.5 Å². The molecule has 3 heterocycles. The fourth-order valence-electron chi connectivity index (χ4n) is 5.95. The van der Waals surface area contributed by atoms with Crippen LogP contribution in [0.25, 0.3) is 10.9 Å². The van der Waals surface area contributed by atoms with Gasteiger partial charge in [-0.05, 0) is 54.7 Å². The molecule has 2 aromatic carbocycles. The Balaban J connectivity index is 1.37. The molecule has 2 aliphatic heterocycles. The van der Waals surface area contributed by atoms with Gasteiger partial charge in [-0.3, -0.25) is 4.79 Å². The summed E-state index contributed by atoms with van der Waals surface area (Å²) in [4.78, 5) is 19.0. The van der Waals surface area contributed by atoms with Crippen molar-refractivity contribution < 1.29 is 14.3 Å². The maximum atomic E-state index is 13.6. The quantitative estimate of drug-likeness (QED) is 0.647. The molecule has 31 heavy (non-hydrogen) atoms. The lowest BCUT2D eigenvalue weighted by Gasteiger charge is -2.46. The summed E-state index contributed by atoms with van der Waals surface area (Å²) in [5.41, 5.74) is 4.79. The van der Waals surface area contributed by atoms with Crippen molar-refractivity contribution in [1.82, 2.24) is 9.88 Å². The normalized spacial score (nSPS) is 21.5. The lowest BCUT2D eigenvalue weighted by Crippen LogP contribution is -2.49. The van der Waals surface area contributed by atoms with Gasteiger partial charge in [0.1, 0.15) is 13.2 Å². The van der Waals surface area contributed by atoms with Crippen molar-refractivity contribution in [1.29, 1.82) is 0 Å². The zero-order valence-corrected chi connectivity index (χ0v) is 17.9. The molecule has 1 aromatic heterocycles. The van der Waals surface area contributed by atoms with Crippen LogP contribution in [0.15, 0.2) is 42.6 Å². The Kier molecular flexibility index (Phi) is 4.27. The number of nitrogens with one attached hydrogen (secondary N) is 1. The molecule has 6 rings (SSSR count). The third kappa shape index (κ3) is 2.93. The number of H-pyrrole nitrogens is 1. The van der Waals surface area contributed by atoms with E-state index < -0.39 is 0 Å². The molecule has 1 atom stereocenters. The molecule has 5 nitrogen and oxygen atoms in total. The van der Waals surface area contributed by atoms with Gasteiger partial charge in [0.25, 0.3) is 0 Å². The number of nitrogens with zero attached hydrogens (tertiary/aromatic N) is 1. The molecule has 1 aliphatic carbocycles. The number of carbonyl (C=O) groups is 1. The van der Waals surface area contributed by atoms with Gasteiger partial charge in [-0.2, -0.15) is 0 Å². The van der Waals surface area contributed by atoms with E-state index in [1.54, 1.807) is 0 Å². The van der Waals surface area contributed by atoms with E-state index in [1.807, 2.05) is 18.3 Å². The van der Waals surface area contributed by atoms with Crippen molar-refractivity contribution >= 4 is 16.8 Å². The Morgan fingerprint density at radius 2 is 1.87 bits per heavy atom. The summed E-state index contributed by atoms with van der Waals surface area (Å²) < 4.78 is 11.8. The minimum Gasteiger partial charge on any atom is -0.486 e. The Labute approximate surface area is 182 Å². The van der Waals surface area contributed by atoms with Crippen LogP contribution in [0, 0.1) is 0 Å². The van der Waals surface area contributed by atoms with Crippen LogP contribution in [0.5, 0.6) is 11.5 Å². The van der Waals surface area contributed by atoms with Crippen LogP contribution in [-0.2, 0) is 16.6 Å². The lowest BCUT2D eigenvalue weighted by atomic mass is 9.71. The fraction of sp³-hybridized carbons (Fsp3) is 0.423. The van der Waals surface area contributed by atoms with Gasteiger partial charge in [0, 0.05) is 29.1 Å². The number of ether oxygens (including phenoxy) is 2. The zero-order chi connectivity index (χ0) is 21.0. The van der Waals surface area contributed by atoms with Gasteiger partial charge < -0.3 is 19.4 Å². The van der Waals surface area contributed by atoms with Crippen LogP contribution in [0.4, 0.5) is 0 Å². The number of aromatic nitrogens is 1. The summed E-state index contributed by atoms with van der Waals surface area (Å²) >= 11 is 0. The Morgan fingerprint density at radius 1 is 1.13 bits per heavy atom. The van der Waals surface area contributed by atoms with Crippen molar-refractivity contribution in [3.05, 3.63) is 59.3 Å². The average Bonchev–Trinajstić information content (AvgIpc) is 3.43. The number of fused-ring (bicyclic) bond motifs is 4. The van der Waals surface area contributed by atoms with Crippen molar-refractivity contribution in [3.63, 3.8) is 0 Å². The van der Waals surface area contributed by atoms with E-state index in [1.165, 1.54) is 24.0 Å². The maximum absolute atomic E-state index is 13.6. The first kappa shape index (κ1) is 18.8. The largest absolute Gasteiger partial charge is 0.486 e. The third-order valence-electron chi connectivity index (χ3n) is 7.57. The molecule has 1 N–H and O–H groups in total. The van der Waals surface area contributed by atoms with Crippen LogP contribution in [0.2, 0.25) is 0 Å². The summed E-state index contributed by atoms with van der Waals surface area (Å²) in [5.74, 6) is 1.88. The first-order valence-electron chi connectivity index (χ1n) is 11.4. The first-order valence-corrected chi connectivity index (χ1v) is 11.4. The Hall–Kier alpha value is -2.95. The Bertz CT molecular complexity index is 1160. The molecule has 5 heteroatoms. The van der Waals surface area contributed by atoms with Crippen molar-refractivity contribution in [2.45, 2.75) is 50.5 Å². The van der Waals surface area contributed by atoms with E-state index >= 15 is 0 Å². The van der Waals surface area contributed by atoms with Crippen molar-refractivity contribution in [2.24, 2.45) is 0 Å². The second-order valence-electron chi connectivity index (χ2n) is 9.30. The molecule has 0 radical (unpaired) electrons. The summed E-state index contributed by atoms with van der Waals surface area (Å²) in [6.07, 6.45) is 7.09. The second-order valence-corrected chi connectivity index (χ2v) is 9.30. The lowest BCUT2D eigenvalue weighted by molar-refractivity contribution is -0.134. The first-order chi connectivity index (χ1) is 15.1. The number of carbonyl (C=O) groups excluding carboxylic acids is 1. The van der Waals surface area contributed by atoms with Crippen molar-refractivity contribution in [3.8, 4) is 11.5 Å². The van der Waals surface area contributed by atoms with Gasteiger partial charge in [-0.25, -0.2) is 0 Å². The zero-order valence-electron chi connectivity index (χ0n) is 17.9. The van der Waals surface area contributed by atoms with Gasteiger partial charge in [0.2, 0.25) is 5.91 Å². The van der Waals surface area contributed by atoms with Gasteiger partial charge in [-0.15, -0.1) is 0 Å². The average molecular weight is 417 g/mol. The molecular weight excluding hydrogens is 388 g/mol. The molecule has 0 bridgehead atoms. The summed E-state index contributed by atoms with van der Waals surface area (Å²) in [6.45, 7) is 4.13. The Morgan fingerprint density at radius 3 is 2.68 bits per heavy atom. The standard InChI is InChI=1S/C26H28N2O3/c1-17-20-13-23-24(31-11-10-30-23)14-21(20)26(8-4-5-9-26)16-28(17)25(29)12-18-15-27-22-7-3-2-6-19(18)22/h2-3,6-7,13-15,17,27H,4-5,8-12,16H2,1H3. The van der Waals surface area contributed by atoms with E-state index in [-0.39, 0.29) is 17.4 Å². The summed E-state index contributed by atoms with van der Waals surface area (Å²) in [6, 6.07) is 12.6. The number of benzene rings is 2. The highest BCUT2D eigenvalue weighted by molar-refractivity contribution is 5.89. The van der Waals surface area contributed by atoms with E-state index in [4.69, 9.17) is 9.47 Å². The predicted molar refractivity (Wildman–Crippen MR) is 120 cm³/mol. The highest BCUT2D eigenvalue weighted by atomic mass is 16.6. The van der Waals surface area contributed by atoms with Crippen LogP contribution in [0.1, 0.15) is 55.3 Å². The number of hydrogen-bond donors (Lipinski definition) is 1.